The van der Waals surface area contributed by atoms with Crippen LogP contribution in [0.4, 0.5) is 17.6 Å². The number of aromatic nitrogens is 3. The van der Waals surface area contributed by atoms with E-state index in [1.54, 1.807) is 34.9 Å². The first-order valence-corrected chi connectivity index (χ1v) is 10.7. The van der Waals surface area contributed by atoms with Gasteiger partial charge in [0.05, 0.1) is 24.0 Å². The van der Waals surface area contributed by atoms with Crippen LogP contribution in [-0.4, -0.2) is 14.1 Å². The van der Waals surface area contributed by atoms with Crippen LogP contribution in [0.25, 0.3) is 21.9 Å². The van der Waals surface area contributed by atoms with Crippen molar-refractivity contribution in [3.63, 3.8) is 0 Å². The maximum Gasteiger partial charge on any atom is 0.416 e. The molecule has 34 heavy (non-hydrogen) atoms. The third kappa shape index (κ3) is 3.94. The number of hydrogen-bond acceptors (Lipinski definition) is 2. The average molecular weight is 486 g/mol. The minimum absolute atomic E-state index is 0.0252. The highest BCUT2D eigenvalue weighted by Gasteiger charge is 2.30. The maximum absolute atomic E-state index is 14.0. The van der Waals surface area contributed by atoms with Gasteiger partial charge >= 0.3 is 6.18 Å². The fourth-order valence-electron chi connectivity index (χ4n) is 4.09. The van der Waals surface area contributed by atoms with Crippen molar-refractivity contribution in [3.8, 4) is 0 Å². The maximum atomic E-state index is 14.0. The Balaban J connectivity index is 1.71. The Hall–Kier alpha value is -3.65. The van der Waals surface area contributed by atoms with Crippen LogP contribution in [0.15, 0.2) is 77.9 Å². The molecule has 0 atom stereocenters. The molecule has 0 bridgehead atoms. The van der Waals surface area contributed by atoms with E-state index in [2.05, 4.69) is 4.98 Å². The minimum Gasteiger partial charge on any atom is -0.330 e. The summed E-state index contributed by atoms with van der Waals surface area (Å²) in [5, 5.41) is 0.894. The molecule has 0 amide bonds. The summed E-state index contributed by atoms with van der Waals surface area (Å²) in [6.07, 6.45) is -3.13. The number of rotatable bonds is 4. The van der Waals surface area contributed by atoms with Crippen molar-refractivity contribution in [2.45, 2.75) is 19.3 Å². The van der Waals surface area contributed by atoms with Crippen molar-refractivity contribution in [2.75, 3.05) is 0 Å². The van der Waals surface area contributed by atoms with E-state index in [1.165, 1.54) is 35.2 Å². The van der Waals surface area contributed by atoms with Gasteiger partial charge in [0.1, 0.15) is 16.9 Å². The Morgan fingerprint density at radius 1 is 0.941 bits per heavy atom. The molecule has 0 saturated carbocycles. The monoisotopic (exact) mass is 485 g/mol. The zero-order valence-corrected chi connectivity index (χ0v) is 18.2. The first-order valence-electron chi connectivity index (χ1n) is 10.3. The largest absolute Gasteiger partial charge is 0.416 e. The Morgan fingerprint density at radius 3 is 2.50 bits per heavy atom. The van der Waals surface area contributed by atoms with Crippen LogP contribution >= 0.6 is 11.6 Å². The molecule has 0 radical (unpaired) electrons. The van der Waals surface area contributed by atoms with Crippen LogP contribution in [0, 0.1) is 5.82 Å². The molecule has 2 heterocycles. The zero-order chi connectivity index (χ0) is 24.0. The fourth-order valence-corrected chi connectivity index (χ4v) is 4.28. The van der Waals surface area contributed by atoms with Gasteiger partial charge in [0.2, 0.25) is 0 Å². The Morgan fingerprint density at radius 2 is 1.74 bits per heavy atom. The normalized spacial score (nSPS) is 12.0. The Kier molecular flexibility index (Phi) is 5.40. The molecular formula is C25H16ClF4N3O. The van der Waals surface area contributed by atoms with Crippen molar-refractivity contribution < 1.29 is 17.6 Å². The highest BCUT2D eigenvalue weighted by molar-refractivity contribution is 6.31. The smallest absolute Gasteiger partial charge is 0.330 e. The SMILES string of the molecule is O=c1c2c(ncn1Cc1ccccc1Cl)c1cc(F)ccc1n2Cc1cccc(C(F)(F)F)c1. The van der Waals surface area contributed by atoms with Gasteiger partial charge in [-0.15, -0.1) is 0 Å². The lowest BCUT2D eigenvalue weighted by Crippen LogP contribution is -2.23. The molecule has 2 aromatic heterocycles. The Bertz CT molecular complexity index is 1600. The molecule has 0 aliphatic heterocycles. The molecule has 3 aromatic carbocycles. The van der Waals surface area contributed by atoms with Gasteiger partial charge in [-0.05, 0) is 47.5 Å². The average Bonchev–Trinajstić information content (AvgIpc) is 3.10. The second-order valence-electron chi connectivity index (χ2n) is 7.91. The van der Waals surface area contributed by atoms with Gasteiger partial charge in [0, 0.05) is 17.0 Å². The van der Waals surface area contributed by atoms with Gasteiger partial charge in [-0.25, -0.2) is 9.37 Å². The second-order valence-corrected chi connectivity index (χ2v) is 8.32. The summed E-state index contributed by atoms with van der Waals surface area (Å²) in [6, 6.07) is 16.0. The van der Waals surface area contributed by atoms with Gasteiger partial charge in [-0.3, -0.25) is 9.36 Å². The summed E-state index contributed by atoms with van der Waals surface area (Å²) in [4.78, 5) is 17.9. The van der Waals surface area contributed by atoms with E-state index in [-0.39, 0.29) is 24.1 Å². The van der Waals surface area contributed by atoms with E-state index in [0.717, 1.165) is 12.1 Å². The highest BCUT2D eigenvalue weighted by atomic mass is 35.5. The van der Waals surface area contributed by atoms with Crippen molar-refractivity contribution in [1.82, 2.24) is 14.1 Å². The highest BCUT2D eigenvalue weighted by Crippen LogP contribution is 2.31. The molecule has 0 N–H and O–H groups in total. The third-order valence-corrected chi connectivity index (χ3v) is 6.05. The number of alkyl halides is 3. The lowest BCUT2D eigenvalue weighted by atomic mass is 10.1. The second kappa shape index (κ2) is 8.29. The van der Waals surface area contributed by atoms with Crippen LogP contribution in [0.5, 0.6) is 0 Å². The number of halogens is 5. The third-order valence-electron chi connectivity index (χ3n) is 5.68. The number of fused-ring (bicyclic) bond motifs is 3. The van der Waals surface area contributed by atoms with E-state index in [1.807, 2.05) is 0 Å². The molecule has 0 aliphatic carbocycles. The molecule has 0 fully saturated rings. The first kappa shape index (κ1) is 22.2. The molecule has 0 unspecified atom stereocenters. The van der Waals surface area contributed by atoms with Gasteiger partial charge in [0.15, 0.2) is 0 Å². The Labute approximate surface area is 195 Å². The summed E-state index contributed by atoms with van der Waals surface area (Å²) in [5.74, 6) is -0.507. The topological polar surface area (TPSA) is 39.8 Å². The number of nitrogens with zero attached hydrogens (tertiary/aromatic N) is 3. The van der Waals surface area contributed by atoms with Gasteiger partial charge in [0.25, 0.3) is 5.56 Å². The number of benzene rings is 3. The van der Waals surface area contributed by atoms with E-state index in [9.17, 15) is 22.4 Å². The summed E-state index contributed by atoms with van der Waals surface area (Å²) in [7, 11) is 0. The van der Waals surface area contributed by atoms with Crippen molar-refractivity contribution in [1.29, 1.82) is 0 Å². The predicted molar refractivity (Wildman–Crippen MR) is 123 cm³/mol. The van der Waals surface area contributed by atoms with E-state index in [4.69, 9.17) is 11.6 Å². The summed E-state index contributed by atoms with van der Waals surface area (Å²) in [6.45, 7) is 0.128. The summed E-state index contributed by atoms with van der Waals surface area (Å²) >= 11 is 6.24. The van der Waals surface area contributed by atoms with E-state index < -0.39 is 23.1 Å². The molecule has 0 saturated heterocycles. The zero-order valence-electron chi connectivity index (χ0n) is 17.5. The molecule has 0 aliphatic rings. The van der Waals surface area contributed by atoms with Crippen LogP contribution in [0.2, 0.25) is 5.02 Å². The van der Waals surface area contributed by atoms with Gasteiger partial charge < -0.3 is 4.57 Å². The fraction of sp³-hybridized carbons (Fsp3) is 0.120. The number of hydrogen-bond donors (Lipinski definition) is 0. The standard InChI is InChI=1S/C25H16ClF4N3O/c26-20-7-2-1-5-16(20)13-32-14-31-22-19-11-18(27)8-9-21(19)33(23(22)24(32)34)12-15-4-3-6-17(10-15)25(28,29)30/h1-11,14H,12-13H2. The quantitative estimate of drug-likeness (QED) is 0.282. The van der Waals surface area contributed by atoms with Crippen LogP contribution in [0.3, 0.4) is 0 Å². The van der Waals surface area contributed by atoms with Crippen molar-refractivity contribution >= 4 is 33.5 Å². The molecule has 4 nitrogen and oxygen atoms in total. The van der Waals surface area contributed by atoms with Crippen molar-refractivity contribution in [3.05, 3.63) is 111 Å². The molecule has 0 spiro atoms. The van der Waals surface area contributed by atoms with E-state index >= 15 is 0 Å². The summed E-state index contributed by atoms with van der Waals surface area (Å²) in [5.41, 5.74) is 0.806. The van der Waals surface area contributed by atoms with E-state index in [0.29, 0.717) is 27.1 Å². The van der Waals surface area contributed by atoms with Crippen LogP contribution < -0.4 is 5.56 Å². The van der Waals surface area contributed by atoms with Gasteiger partial charge in [-0.1, -0.05) is 41.9 Å². The van der Waals surface area contributed by atoms with Gasteiger partial charge in [-0.2, -0.15) is 13.2 Å². The molecular weight excluding hydrogens is 470 g/mol. The summed E-state index contributed by atoms with van der Waals surface area (Å²) < 4.78 is 56.7. The van der Waals surface area contributed by atoms with Crippen molar-refractivity contribution in [2.24, 2.45) is 0 Å². The molecule has 5 aromatic rings. The minimum atomic E-state index is -4.50. The molecule has 9 heteroatoms. The van der Waals surface area contributed by atoms with Crippen LogP contribution in [0.1, 0.15) is 16.7 Å². The predicted octanol–water partition coefficient (Wildman–Crippen LogP) is 6.26. The molecule has 172 valence electrons. The lowest BCUT2D eigenvalue weighted by molar-refractivity contribution is -0.137. The van der Waals surface area contributed by atoms with Crippen LogP contribution in [-0.2, 0) is 19.3 Å². The first-order chi connectivity index (χ1) is 16.2. The molecule has 5 rings (SSSR count). The lowest BCUT2D eigenvalue weighted by Gasteiger charge is -2.12.